The zero-order valence-electron chi connectivity index (χ0n) is 10.7. The fraction of sp³-hybridized carbons (Fsp3) is 0.462. The number of nitrogens with one attached hydrogen (secondary N) is 1. The molecule has 0 aliphatic carbocycles. The molecule has 1 heterocycles. The summed E-state index contributed by atoms with van der Waals surface area (Å²) in [6, 6.07) is 3.99. The SMILES string of the molecule is CC[C@H]1CN(C(=O)Nc2ccc(F)cc2Br)CCO1. The van der Waals surface area contributed by atoms with E-state index in [1.807, 2.05) is 6.92 Å². The fourth-order valence-corrected chi connectivity index (χ4v) is 2.39. The van der Waals surface area contributed by atoms with Crippen molar-refractivity contribution >= 4 is 27.6 Å². The highest BCUT2D eigenvalue weighted by molar-refractivity contribution is 9.10. The van der Waals surface area contributed by atoms with Gasteiger partial charge in [0.1, 0.15) is 5.82 Å². The van der Waals surface area contributed by atoms with E-state index in [0.29, 0.717) is 29.9 Å². The Hall–Kier alpha value is -1.14. The molecule has 0 radical (unpaired) electrons. The van der Waals surface area contributed by atoms with Crippen molar-refractivity contribution in [3.8, 4) is 0 Å². The Morgan fingerprint density at radius 3 is 3.11 bits per heavy atom. The predicted molar refractivity (Wildman–Crippen MR) is 74.7 cm³/mol. The molecule has 1 aromatic rings. The Kier molecular flexibility index (Phi) is 4.76. The van der Waals surface area contributed by atoms with Crippen LogP contribution in [-0.4, -0.2) is 36.7 Å². The number of carbonyl (C=O) groups is 1. The molecule has 19 heavy (non-hydrogen) atoms. The van der Waals surface area contributed by atoms with E-state index in [9.17, 15) is 9.18 Å². The van der Waals surface area contributed by atoms with Gasteiger partial charge in [-0.3, -0.25) is 0 Å². The van der Waals surface area contributed by atoms with Crippen LogP contribution in [-0.2, 0) is 4.74 Å². The summed E-state index contributed by atoms with van der Waals surface area (Å²) in [7, 11) is 0. The monoisotopic (exact) mass is 330 g/mol. The number of carbonyl (C=O) groups excluding carboxylic acids is 1. The van der Waals surface area contributed by atoms with E-state index in [-0.39, 0.29) is 18.0 Å². The van der Waals surface area contributed by atoms with E-state index < -0.39 is 0 Å². The molecule has 0 saturated carbocycles. The maximum Gasteiger partial charge on any atom is 0.322 e. The summed E-state index contributed by atoms with van der Waals surface area (Å²) < 4.78 is 19.0. The number of benzene rings is 1. The molecule has 0 aromatic heterocycles. The Morgan fingerprint density at radius 2 is 2.42 bits per heavy atom. The van der Waals surface area contributed by atoms with Gasteiger partial charge in [0.2, 0.25) is 0 Å². The van der Waals surface area contributed by atoms with Crippen molar-refractivity contribution in [1.29, 1.82) is 0 Å². The van der Waals surface area contributed by atoms with Gasteiger partial charge in [0.25, 0.3) is 0 Å². The number of morpholine rings is 1. The van der Waals surface area contributed by atoms with E-state index in [4.69, 9.17) is 4.74 Å². The van der Waals surface area contributed by atoms with Crippen LogP contribution in [0.25, 0.3) is 0 Å². The van der Waals surface area contributed by atoms with Gasteiger partial charge in [0.05, 0.1) is 18.4 Å². The lowest BCUT2D eigenvalue weighted by Gasteiger charge is -2.32. The minimum atomic E-state index is -0.345. The summed E-state index contributed by atoms with van der Waals surface area (Å²) in [4.78, 5) is 13.8. The van der Waals surface area contributed by atoms with Crippen molar-refractivity contribution < 1.29 is 13.9 Å². The zero-order valence-corrected chi connectivity index (χ0v) is 12.2. The molecular formula is C13H16BrFN2O2. The smallest absolute Gasteiger partial charge is 0.322 e. The first kappa shape index (κ1) is 14.3. The molecule has 2 amide bonds. The summed E-state index contributed by atoms with van der Waals surface area (Å²) in [5, 5.41) is 2.77. The Labute approximate surface area is 120 Å². The van der Waals surface area contributed by atoms with Gasteiger partial charge in [-0.05, 0) is 40.5 Å². The molecule has 1 aliphatic rings. The molecule has 1 fully saturated rings. The molecule has 2 rings (SSSR count). The lowest BCUT2D eigenvalue weighted by atomic mass is 10.2. The first-order valence-electron chi connectivity index (χ1n) is 6.22. The topological polar surface area (TPSA) is 41.6 Å². The number of urea groups is 1. The van der Waals surface area contributed by atoms with E-state index in [1.165, 1.54) is 18.2 Å². The first-order valence-corrected chi connectivity index (χ1v) is 7.02. The minimum absolute atomic E-state index is 0.0937. The molecular weight excluding hydrogens is 315 g/mol. The summed E-state index contributed by atoms with van der Waals surface area (Å²) >= 11 is 3.23. The van der Waals surface area contributed by atoms with Gasteiger partial charge in [-0.2, -0.15) is 0 Å². The number of ether oxygens (including phenoxy) is 1. The molecule has 0 unspecified atom stereocenters. The summed E-state index contributed by atoms with van der Waals surface area (Å²) in [6.45, 7) is 3.74. The quantitative estimate of drug-likeness (QED) is 0.904. The van der Waals surface area contributed by atoms with Gasteiger partial charge in [0, 0.05) is 17.6 Å². The minimum Gasteiger partial charge on any atom is -0.375 e. The summed E-state index contributed by atoms with van der Waals surface area (Å²) in [5.41, 5.74) is 0.561. The number of anilines is 1. The predicted octanol–water partition coefficient (Wildman–Crippen LogP) is 3.23. The highest BCUT2D eigenvalue weighted by atomic mass is 79.9. The molecule has 6 heteroatoms. The van der Waals surface area contributed by atoms with Gasteiger partial charge in [-0.15, -0.1) is 0 Å². The summed E-state index contributed by atoms with van der Waals surface area (Å²) in [6.07, 6.45) is 0.973. The molecule has 104 valence electrons. The van der Waals surface area contributed by atoms with E-state index in [2.05, 4.69) is 21.2 Å². The van der Waals surface area contributed by atoms with Gasteiger partial charge in [-0.1, -0.05) is 6.92 Å². The van der Waals surface area contributed by atoms with Crippen LogP contribution in [0.5, 0.6) is 0 Å². The molecule has 1 atom stereocenters. The summed E-state index contributed by atoms with van der Waals surface area (Å²) in [5.74, 6) is -0.345. The van der Waals surface area contributed by atoms with E-state index in [1.54, 1.807) is 4.90 Å². The fourth-order valence-electron chi connectivity index (χ4n) is 1.94. The van der Waals surface area contributed by atoms with Crippen LogP contribution in [0.3, 0.4) is 0 Å². The highest BCUT2D eigenvalue weighted by Gasteiger charge is 2.23. The second-order valence-electron chi connectivity index (χ2n) is 4.40. The van der Waals surface area contributed by atoms with Crippen LogP contribution in [0.2, 0.25) is 0 Å². The highest BCUT2D eigenvalue weighted by Crippen LogP contribution is 2.23. The lowest BCUT2D eigenvalue weighted by Crippen LogP contribution is -2.47. The zero-order chi connectivity index (χ0) is 13.8. The van der Waals surface area contributed by atoms with Crippen molar-refractivity contribution in [2.75, 3.05) is 25.0 Å². The average molecular weight is 331 g/mol. The third-order valence-electron chi connectivity index (χ3n) is 3.05. The number of rotatable bonds is 2. The van der Waals surface area contributed by atoms with E-state index in [0.717, 1.165) is 6.42 Å². The van der Waals surface area contributed by atoms with Crippen molar-refractivity contribution in [2.45, 2.75) is 19.4 Å². The number of hydrogen-bond acceptors (Lipinski definition) is 2. The Bertz CT molecular complexity index is 470. The van der Waals surface area contributed by atoms with Crippen molar-refractivity contribution in [1.82, 2.24) is 4.90 Å². The van der Waals surface area contributed by atoms with Gasteiger partial charge < -0.3 is 15.0 Å². The maximum absolute atomic E-state index is 13.0. The number of halogens is 2. The van der Waals surface area contributed by atoms with Crippen LogP contribution in [0.15, 0.2) is 22.7 Å². The van der Waals surface area contributed by atoms with Gasteiger partial charge in [0.15, 0.2) is 0 Å². The van der Waals surface area contributed by atoms with Crippen LogP contribution in [0, 0.1) is 5.82 Å². The average Bonchev–Trinajstić information content (AvgIpc) is 2.42. The van der Waals surface area contributed by atoms with Gasteiger partial charge in [-0.25, -0.2) is 9.18 Å². The molecule has 0 bridgehead atoms. The second kappa shape index (κ2) is 6.34. The Morgan fingerprint density at radius 1 is 1.63 bits per heavy atom. The Balaban J connectivity index is 2.00. The molecule has 1 saturated heterocycles. The first-order chi connectivity index (χ1) is 9.10. The van der Waals surface area contributed by atoms with E-state index >= 15 is 0 Å². The second-order valence-corrected chi connectivity index (χ2v) is 5.26. The van der Waals surface area contributed by atoms with Crippen LogP contribution < -0.4 is 5.32 Å². The standard InChI is InChI=1S/C13H16BrFN2O2/c1-2-10-8-17(5-6-19-10)13(18)16-12-4-3-9(15)7-11(12)14/h3-4,7,10H,2,5-6,8H2,1H3,(H,16,18)/t10-/m0/s1. The van der Waals surface area contributed by atoms with Crippen molar-refractivity contribution in [3.63, 3.8) is 0 Å². The van der Waals surface area contributed by atoms with Crippen molar-refractivity contribution in [3.05, 3.63) is 28.5 Å². The molecule has 4 nitrogen and oxygen atoms in total. The molecule has 0 spiro atoms. The largest absolute Gasteiger partial charge is 0.375 e. The van der Waals surface area contributed by atoms with Crippen LogP contribution >= 0.6 is 15.9 Å². The number of nitrogens with zero attached hydrogens (tertiary/aromatic N) is 1. The third kappa shape index (κ3) is 3.67. The van der Waals surface area contributed by atoms with Crippen molar-refractivity contribution in [2.24, 2.45) is 0 Å². The number of amides is 2. The van der Waals surface area contributed by atoms with Crippen LogP contribution in [0.4, 0.5) is 14.9 Å². The molecule has 1 aromatic carbocycles. The maximum atomic E-state index is 13.0. The lowest BCUT2D eigenvalue weighted by molar-refractivity contribution is -0.0134. The van der Waals surface area contributed by atoms with Crippen LogP contribution in [0.1, 0.15) is 13.3 Å². The third-order valence-corrected chi connectivity index (χ3v) is 3.71. The van der Waals surface area contributed by atoms with Gasteiger partial charge >= 0.3 is 6.03 Å². The number of hydrogen-bond donors (Lipinski definition) is 1. The molecule has 1 aliphatic heterocycles. The molecule has 1 N–H and O–H groups in total. The normalized spacial score (nSPS) is 19.3.